The topological polar surface area (TPSA) is 48.8 Å². The van der Waals surface area contributed by atoms with E-state index in [0.717, 1.165) is 0 Å². The molecule has 0 saturated heterocycles. The van der Waals surface area contributed by atoms with Gasteiger partial charge in [-0.3, -0.25) is 5.43 Å². The van der Waals surface area contributed by atoms with Gasteiger partial charge in [-0.25, -0.2) is 4.99 Å². The molecule has 10 heavy (non-hydrogen) atoms. The number of nitrogens with one attached hydrogen (secondary N) is 2. The van der Waals surface area contributed by atoms with Gasteiger partial charge in [0, 0.05) is 13.8 Å². The maximum absolute atomic E-state index is 3.95. The van der Waals surface area contributed by atoms with Crippen molar-refractivity contribution in [2.24, 2.45) is 10.1 Å². The summed E-state index contributed by atoms with van der Waals surface area (Å²) in [5.74, 6) is 1.25. The molecule has 0 aliphatic heterocycles. The summed E-state index contributed by atoms with van der Waals surface area (Å²) in [4.78, 5) is 3.95. The Bertz CT molecular complexity index is 159. The van der Waals surface area contributed by atoms with Gasteiger partial charge in [-0.2, -0.15) is 5.10 Å². The molecule has 0 amide bonds. The van der Waals surface area contributed by atoms with Crippen LogP contribution in [0, 0.1) is 0 Å². The molecule has 0 bridgehead atoms. The molecular formula is C6H12N4. The van der Waals surface area contributed by atoms with Gasteiger partial charge in [0.05, 0.1) is 0 Å². The van der Waals surface area contributed by atoms with Crippen molar-refractivity contribution in [3.63, 3.8) is 0 Å². The van der Waals surface area contributed by atoms with Crippen molar-refractivity contribution in [2.45, 2.75) is 6.92 Å². The van der Waals surface area contributed by atoms with Crippen LogP contribution in [-0.4, -0.2) is 19.6 Å². The molecule has 4 heteroatoms. The second-order valence-electron chi connectivity index (χ2n) is 1.66. The van der Waals surface area contributed by atoms with Gasteiger partial charge in [0.1, 0.15) is 11.7 Å². The highest BCUT2D eigenvalue weighted by Crippen LogP contribution is 1.83. The molecule has 0 spiro atoms. The first-order valence-electron chi connectivity index (χ1n) is 2.84. The van der Waals surface area contributed by atoms with Gasteiger partial charge in [0.2, 0.25) is 0 Å². The van der Waals surface area contributed by atoms with Crippen LogP contribution in [0.2, 0.25) is 0 Å². The number of hydrogen-bond acceptors (Lipinski definition) is 3. The lowest BCUT2D eigenvalue weighted by Crippen LogP contribution is -2.14. The summed E-state index contributed by atoms with van der Waals surface area (Å²) in [6, 6.07) is 0. The van der Waals surface area contributed by atoms with Crippen LogP contribution in [0.15, 0.2) is 22.5 Å². The van der Waals surface area contributed by atoms with Gasteiger partial charge < -0.3 is 5.32 Å². The van der Waals surface area contributed by atoms with E-state index in [-0.39, 0.29) is 0 Å². The van der Waals surface area contributed by atoms with E-state index >= 15 is 0 Å². The zero-order valence-electron chi connectivity index (χ0n) is 6.31. The number of amidine groups is 1. The number of nitrogens with zero attached hydrogens (tertiary/aromatic N) is 2. The molecule has 56 valence electrons. The molecule has 0 aromatic heterocycles. The zero-order valence-corrected chi connectivity index (χ0v) is 6.31. The smallest absolute Gasteiger partial charge is 0.121 e. The third kappa shape index (κ3) is 3.65. The first-order valence-corrected chi connectivity index (χ1v) is 2.84. The summed E-state index contributed by atoms with van der Waals surface area (Å²) in [5, 5.41) is 6.19. The summed E-state index contributed by atoms with van der Waals surface area (Å²) in [7, 11) is 1.75. The Morgan fingerprint density at radius 1 is 1.50 bits per heavy atom. The lowest BCUT2D eigenvalue weighted by molar-refractivity contribution is 0.946. The van der Waals surface area contributed by atoms with Crippen LogP contribution >= 0.6 is 0 Å². The van der Waals surface area contributed by atoms with Gasteiger partial charge in [-0.05, 0) is 6.92 Å². The Morgan fingerprint density at radius 3 is 2.50 bits per heavy atom. The fourth-order valence-electron chi connectivity index (χ4n) is 0.398. The normalized spacial score (nSPS) is 10.4. The minimum atomic E-state index is 0.591. The van der Waals surface area contributed by atoms with E-state index in [1.54, 1.807) is 14.0 Å². The molecule has 0 aliphatic carbocycles. The SMILES string of the molecule is C=NNC(C)=NC(=C)NC. The minimum Gasteiger partial charge on any atom is -0.374 e. The quantitative estimate of drug-likeness (QED) is 0.336. The summed E-state index contributed by atoms with van der Waals surface area (Å²) in [5.41, 5.74) is 2.57. The van der Waals surface area contributed by atoms with E-state index in [0.29, 0.717) is 11.7 Å². The van der Waals surface area contributed by atoms with Gasteiger partial charge in [-0.15, -0.1) is 0 Å². The highest BCUT2D eigenvalue weighted by molar-refractivity contribution is 5.80. The predicted molar refractivity (Wildman–Crippen MR) is 44.0 cm³/mol. The van der Waals surface area contributed by atoms with Crippen LogP contribution in [-0.2, 0) is 0 Å². The third-order valence-electron chi connectivity index (χ3n) is 0.832. The van der Waals surface area contributed by atoms with E-state index in [1.807, 2.05) is 0 Å². The highest BCUT2D eigenvalue weighted by atomic mass is 15.3. The van der Waals surface area contributed by atoms with Crippen LogP contribution in [0.3, 0.4) is 0 Å². The molecule has 0 fully saturated rings. The van der Waals surface area contributed by atoms with Gasteiger partial charge in [0.15, 0.2) is 0 Å². The molecule has 4 nitrogen and oxygen atoms in total. The van der Waals surface area contributed by atoms with Gasteiger partial charge >= 0.3 is 0 Å². The highest BCUT2D eigenvalue weighted by Gasteiger charge is 1.85. The molecule has 0 rings (SSSR count). The monoisotopic (exact) mass is 140 g/mol. The standard InChI is InChI=1S/C6H12N4/c1-5(7-3)9-6(2)10-8-4/h7H,1,4H2,2-3H3,(H,9,10). The second-order valence-corrected chi connectivity index (χ2v) is 1.66. The lowest BCUT2D eigenvalue weighted by Gasteiger charge is -1.99. The van der Waals surface area contributed by atoms with Gasteiger partial charge in [0.25, 0.3) is 0 Å². The molecule has 0 aromatic carbocycles. The summed E-state index contributed by atoms with van der Waals surface area (Å²) < 4.78 is 0. The van der Waals surface area contributed by atoms with E-state index in [4.69, 9.17) is 0 Å². The first-order chi connectivity index (χ1) is 4.70. The summed E-state index contributed by atoms with van der Waals surface area (Å²) in [6.45, 7) is 8.61. The summed E-state index contributed by atoms with van der Waals surface area (Å²) in [6.07, 6.45) is 0. The van der Waals surface area contributed by atoms with Crippen molar-refractivity contribution in [1.82, 2.24) is 10.7 Å². The Kier molecular flexibility index (Phi) is 3.95. The molecule has 0 heterocycles. The van der Waals surface area contributed by atoms with Crippen LogP contribution in [0.5, 0.6) is 0 Å². The van der Waals surface area contributed by atoms with Crippen molar-refractivity contribution in [3.8, 4) is 0 Å². The van der Waals surface area contributed by atoms with E-state index in [2.05, 4.69) is 34.1 Å². The third-order valence-corrected chi connectivity index (χ3v) is 0.832. The molecule has 0 radical (unpaired) electrons. The molecule has 0 aliphatic rings. The van der Waals surface area contributed by atoms with Crippen molar-refractivity contribution < 1.29 is 0 Å². The Hall–Kier alpha value is -1.32. The van der Waals surface area contributed by atoms with E-state index < -0.39 is 0 Å². The van der Waals surface area contributed by atoms with Crippen molar-refractivity contribution in [1.29, 1.82) is 0 Å². The van der Waals surface area contributed by atoms with Crippen LogP contribution in [0.4, 0.5) is 0 Å². The van der Waals surface area contributed by atoms with Crippen LogP contribution in [0.25, 0.3) is 0 Å². The van der Waals surface area contributed by atoms with Crippen molar-refractivity contribution in [2.75, 3.05) is 7.05 Å². The van der Waals surface area contributed by atoms with E-state index in [9.17, 15) is 0 Å². The average molecular weight is 140 g/mol. The maximum atomic E-state index is 3.95. The lowest BCUT2D eigenvalue weighted by atomic mass is 10.7. The maximum Gasteiger partial charge on any atom is 0.121 e. The van der Waals surface area contributed by atoms with Crippen LogP contribution < -0.4 is 10.7 Å². The zero-order chi connectivity index (χ0) is 7.98. The molecule has 0 atom stereocenters. The largest absolute Gasteiger partial charge is 0.374 e. The van der Waals surface area contributed by atoms with Crippen molar-refractivity contribution >= 4 is 12.6 Å². The molecule has 2 N–H and O–H groups in total. The second kappa shape index (κ2) is 4.55. The predicted octanol–water partition coefficient (Wildman–Crippen LogP) is 0.301. The fraction of sp³-hybridized carbons (Fsp3) is 0.333. The summed E-state index contributed by atoms with van der Waals surface area (Å²) >= 11 is 0. The first kappa shape index (κ1) is 8.68. The Labute approximate surface area is 60.7 Å². The Morgan fingerprint density at radius 2 is 2.10 bits per heavy atom. The minimum absolute atomic E-state index is 0.591. The molecule has 0 saturated carbocycles. The molecule has 0 unspecified atom stereocenters. The number of hydrazone groups is 1. The van der Waals surface area contributed by atoms with Gasteiger partial charge in [-0.1, -0.05) is 6.58 Å². The van der Waals surface area contributed by atoms with E-state index in [1.165, 1.54) is 0 Å². The number of rotatable bonds is 3. The molecular weight excluding hydrogens is 128 g/mol. The van der Waals surface area contributed by atoms with Crippen molar-refractivity contribution in [3.05, 3.63) is 12.4 Å². The molecule has 0 aromatic rings. The number of hydrogen-bond donors (Lipinski definition) is 2. The average Bonchev–Trinajstić information content (AvgIpc) is 1.88. The fourth-order valence-corrected chi connectivity index (χ4v) is 0.398. The number of aliphatic imine (C=N–C) groups is 1. The van der Waals surface area contributed by atoms with Crippen LogP contribution in [0.1, 0.15) is 6.92 Å². The Balaban J connectivity index is 3.88.